The summed E-state index contributed by atoms with van der Waals surface area (Å²) in [5.41, 5.74) is -0.0341. The minimum Gasteiger partial charge on any atom is -0.389 e. The zero-order valence-corrected chi connectivity index (χ0v) is 16.2. The Morgan fingerprint density at radius 2 is 1.54 bits per heavy atom. The Hall–Kier alpha value is -1.28. The molecule has 0 aromatic heterocycles. The molecule has 24 heavy (non-hydrogen) atoms. The van der Waals surface area contributed by atoms with Crippen molar-refractivity contribution in [2.45, 2.75) is 70.6 Å². The highest BCUT2D eigenvalue weighted by Gasteiger charge is 2.62. The van der Waals surface area contributed by atoms with Gasteiger partial charge < -0.3 is 13.6 Å². The van der Waals surface area contributed by atoms with E-state index >= 15 is 0 Å². The summed E-state index contributed by atoms with van der Waals surface area (Å²) in [6, 6.07) is 6.51. The lowest BCUT2D eigenvalue weighted by Gasteiger charge is -2.37. The van der Waals surface area contributed by atoms with Crippen LogP contribution >= 0.6 is 0 Å². The van der Waals surface area contributed by atoms with E-state index in [2.05, 4.69) is 0 Å². The lowest BCUT2D eigenvalue weighted by Crippen LogP contribution is -2.52. The summed E-state index contributed by atoms with van der Waals surface area (Å²) in [6.07, 6.45) is 0.771. The van der Waals surface area contributed by atoms with Gasteiger partial charge in [0.05, 0.1) is 16.1 Å². The van der Waals surface area contributed by atoms with Crippen LogP contribution in [-0.2, 0) is 8.85 Å². The number of nitro groups is 1. The van der Waals surface area contributed by atoms with Gasteiger partial charge in [-0.15, -0.1) is 0 Å². The molecule has 0 spiro atoms. The minimum absolute atomic E-state index is 0.0698. The molecule has 2 rings (SSSR count). The first kappa shape index (κ1) is 19.0. The smallest absolute Gasteiger partial charge is 0.389 e. The fraction of sp³-hybridized carbons (Fsp3) is 0.647. The quantitative estimate of drug-likeness (QED) is 0.491. The van der Waals surface area contributed by atoms with Gasteiger partial charge in [0, 0.05) is 17.7 Å². The van der Waals surface area contributed by atoms with E-state index in [4.69, 9.17) is 8.85 Å². The van der Waals surface area contributed by atoms with E-state index in [0.29, 0.717) is 0 Å². The predicted molar refractivity (Wildman–Crippen MR) is 93.9 cm³/mol. The first-order valence-corrected chi connectivity index (χ1v) is 10.0. The molecule has 1 N–H and O–H groups in total. The van der Waals surface area contributed by atoms with Gasteiger partial charge in [0.15, 0.2) is 0 Å². The SMILES string of the molecule is CC(C)(C)O[Si](O)(OC(C)(C)C)[C@H]1C[C@@H]1c1ccc([N+](=O)[O-])cc1. The van der Waals surface area contributed by atoms with E-state index in [0.717, 1.165) is 12.0 Å². The lowest BCUT2D eigenvalue weighted by atomic mass is 10.1. The van der Waals surface area contributed by atoms with Gasteiger partial charge in [0.25, 0.3) is 5.69 Å². The summed E-state index contributed by atoms with van der Waals surface area (Å²) < 4.78 is 12.0. The van der Waals surface area contributed by atoms with Crippen LogP contribution in [0, 0.1) is 10.1 Å². The molecule has 7 heteroatoms. The van der Waals surface area contributed by atoms with Gasteiger partial charge in [-0.2, -0.15) is 0 Å². The van der Waals surface area contributed by atoms with Crippen molar-refractivity contribution in [2.75, 3.05) is 0 Å². The predicted octanol–water partition coefficient (Wildman–Crippen LogP) is 4.01. The van der Waals surface area contributed by atoms with E-state index < -0.39 is 24.9 Å². The number of benzene rings is 1. The molecule has 0 unspecified atom stereocenters. The second-order valence-electron chi connectivity index (χ2n) is 8.36. The molecular weight excluding hydrogens is 326 g/mol. The molecular formula is C17H27NO5Si. The standard InChI is InChI=1S/C17H27NO5Si/c1-16(2,3)22-24(21,23-17(4,5)6)15-11-14(15)12-7-9-13(10-8-12)18(19)20/h7-10,14-15,21H,11H2,1-6H3/t14-,15+/m1/s1. The minimum atomic E-state index is -3.40. The highest BCUT2D eigenvalue weighted by molar-refractivity contribution is 6.62. The van der Waals surface area contributed by atoms with Gasteiger partial charge in [-0.05, 0) is 59.4 Å². The maximum Gasteiger partial charge on any atom is 0.502 e. The molecule has 0 saturated heterocycles. The Bertz CT molecular complexity index is 587. The van der Waals surface area contributed by atoms with Gasteiger partial charge in [-0.3, -0.25) is 10.1 Å². The van der Waals surface area contributed by atoms with E-state index in [-0.39, 0.29) is 17.1 Å². The van der Waals surface area contributed by atoms with E-state index in [1.54, 1.807) is 12.1 Å². The lowest BCUT2D eigenvalue weighted by molar-refractivity contribution is -0.384. The van der Waals surface area contributed by atoms with Crippen molar-refractivity contribution in [1.82, 2.24) is 0 Å². The van der Waals surface area contributed by atoms with Crippen LogP contribution in [0.25, 0.3) is 0 Å². The Morgan fingerprint density at radius 3 is 1.92 bits per heavy atom. The number of non-ortho nitro benzene ring substituents is 1. The highest BCUT2D eigenvalue weighted by Crippen LogP contribution is 2.59. The van der Waals surface area contributed by atoms with E-state index in [1.165, 1.54) is 12.1 Å². The normalized spacial score (nSPS) is 21.6. The fourth-order valence-electron chi connectivity index (χ4n) is 2.86. The molecule has 134 valence electrons. The molecule has 0 amide bonds. The zero-order valence-electron chi connectivity index (χ0n) is 15.2. The molecule has 6 nitrogen and oxygen atoms in total. The number of nitrogens with zero attached hydrogens (tertiary/aromatic N) is 1. The van der Waals surface area contributed by atoms with Crippen molar-refractivity contribution in [2.24, 2.45) is 0 Å². The van der Waals surface area contributed by atoms with Crippen molar-refractivity contribution in [1.29, 1.82) is 0 Å². The van der Waals surface area contributed by atoms with Crippen LogP contribution in [0.5, 0.6) is 0 Å². The maximum atomic E-state index is 11.2. The zero-order chi connectivity index (χ0) is 18.3. The van der Waals surface area contributed by atoms with Crippen LogP contribution < -0.4 is 0 Å². The topological polar surface area (TPSA) is 81.8 Å². The van der Waals surface area contributed by atoms with Gasteiger partial charge in [-0.1, -0.05) is 12.1 Å². The Morgan fingerprint density at radius 1 is 1.08 bits per heavy atom. The van der Waals surface area contributed by atoms with Crippen LogP contribution in [0.2, 0.25) is 5.54 Å². The first-order valence-electron chi connectivity index (χ1n) is 8.18. The van der Waals surface area contributed by atoms with Crippen LogP contribution in [0.4, 0.5) is 5.69 Å². The Balaban J connectivity index is 2.19. The number of hydrogen-bond donors (Lipinski definition) is 1. The summed E-state index contributed by atoms with van der Waals surface area (Å²) in [6.45, 7) is 11.4. The first-order chi connectivity index (χ1) is 10.8. The average Bonchev–Trinajstić information content (AvgIpc) is 3.14. The highest BCUT2D eigenvalue weighted by atomic mass is 28.4. The van der Waals surface area contributed by atoms with Crippen molar-refractivity contribution < 1.29 is 18.6 Å². The summed E-state index contributed by atoms with van der Waals surface area (Å²) in [5, 5.41) is 10.8. The van der Waals surface area contributed by atoms with Gasteiger partial charge in [-0.25, -0.2) is 0 Å². The van der Waals surface area contributed by atoms with Gasteiger partial charge in [0.1, 0.15) is 0 Å². The van der Waals surface area contributed by atoms with Gasteiger partial charge in [0.2, 0.25) is 0 Å². The molecule has 0 bridgehead atoms. The summed E-state index contributed by atoms with van der Waals surface area (Å²) in [5.74, 6) is 0.118. The van der Waals surface area contributed by atoms with E-state index in [9.17, 15) is 14.9 Å². The van der Waals surface area contributed by atoms with E-state index in [1.807, 2.05) is 41.5 Å². The number of nitro benzene ring substituents is 1. The third kappa shape index (κ3) is 4.86. The Kier molecular flexibility index (Phi) is 4.93. The summed E-state index contributed by atoms with van der Waals surface area (Å²) in [7, 11) is -3.40. The van der Waals surface area contributed by atoms with Gasteiger partial charge >= 0.3 is 8.80 Å². The third-order valence-electron chi connectivity index (χ3n) is 3.70. The monoisotopic (exact) mass is 353 g/mol. The molecule has 1 fully saturated rings. The van der Waals surface area contributed by atoms with Crippen molar-refractivity contribution in [3.05, 3.63) is 39.9 Å². The van der Waals surface area contributed by atoms with Crippen molar-refractivity contribution in [3.63, 3.8) is 0 Å². The fourth-order valence-corrected chi connectivity index (χ4v) is 6.21. The average molecular weight is 353 g/mol. The molecule has 2 atom stereocenters. The van der Waals surface area contributed by atoms with Crippen LogP contribution in [-0.4, -0.2) is 29.7 Å². The summed E-state index contributed by atoms with van der Waals surface area (Å²) >= 11 is 0. The largest absolute Gasteiger partial charge is 0.502 e. The molecule has 1 aromatic rings. The molecule has 1 aromatic carbocycles. The molecule has 0 radical (unpaired) electrons. The van der Waals surface area contributed by atoms with Crippen LogP contribution in [0.1, 0.15) is 59.4 Å². The molecule has 1 aliphatic carbocycles. The molecule has 0 aliphatic heterocycles. The molecule has 0 heterocycles. The maximum absolute atomic E-state index is 11.2. The third-order valence-corrected chi connectivity index (χ3v) is 7.08. The van der Waals surface area contributed by atoms with Crippen LogP contribution in [0.3, 0.4) is 0 Å². The van der Waals surface area contributed by atoms with Crippen molar-refractivity contribution in [3.8, 4) is 0 Å². The second-order valence-corrected chi connectivity index (χ2v) is 10.8. The second kappa shape index (κ2) is 6.22. The number of rotatable bonds is 5. The number of hydrogen-bond acceptors (Lipinski definition) is 5. The van der Waals surface area contributed by atoms with Crippen molar-refractivity contribution >= 4 is 14.5 Å². The molecule has 1 aliphatic rings. The summed E-state index contributed by atoms with van der Waals surface area (Å²) in [4.78, 5) is 21.5. The van der Waals surface area contributed by atoms with Crippen LogP contribution in [0.15, 0.2) is 24.3 Å². The Labute approximate surface area is 144 Å². The molecule has 1 saturated carbocycles.